The summed E-state index contributed by atoms with van der Waals surface area (Å²) in [7, 11) is 0. The lowest BCUT2D eigenvalue weighted by Gasteiger charge is -2.09. The highest BCUT2D eigenvalue weighted by atomic mass is 79.9. The number of nitro groups is 1. The van der Waals surface area contributed by atoms with Gasteiger partial charge in [-0.1, -0.05) is 17.7 Å². The van der Waals surface area contributed by atoms with Gasteiger partial charge < -0.3 is 5.32 Å². The Hall–Kier alpha value is -2.10. The lowest BCUT2D eigenvalue weighted by atomic mass is 10.1. The Labute approximate surface area is 128 Å². The molecule has 0 aromatic heterocycles. The molecule has 0 aliphatic carbocycles. The SMILES string of the molecule is N#Cc1cc(Nc2cccc(Cl)c2Br)ccc1[N+](=O)[O-]. The molecule has 2 aromatic rings. The van der Waals surface area contributed by atoms with Crippen molar-refractivity contribution in [2.45, 2.75) is 0 Å². The highest BCUT2D eigenvalue weighted by molar-refractivity contribution is 9.10. The molecule has 0 radical (unpaired) electrons. The monoisotopic (exact) mass is 351 g/mol. The number of halogens is 2. The zero-order chi connectivity index (χ0) is 14.7. The van der Waals surface area contributed by atoms with E-state index < -0.39 is 4.92 Å². The predicted octanol–water partition coefficient (Wildman–Crippen LogP) is 4.63. The summed E-state index contributed by atoms with van der Waals surface area (Å²) in [5.41, 5.74) is 1.05. The van der Waals surface area contributed by atoms with Crippen LogP contribution in [0.25, 0.3) is 0 Å². The average molecular weight is 353 g/mol. The van der Waals surface area contributed by atoms with Crippen molar-refractivity contribution >= 4 is 44.6 Å². The van der Waals surface area contributed by atoms with Crippen molar-refractivity contribution < 1.29 is 4.92 Å². The molecule has 0 fully saturated rings. The lowest BCUT2D eigenvalue weighted by Crippen LogP contribution is -1.96. The third-order valence-electron chi connectivity index (χ3n) is 2.54. The standard InChI is InChI=1S/C13H7BrClN3O2/c14-13-10(15)2-1-3-11(13)17-9-4-5-12(18(19)20)8(6-9)7-16/h1-6,17H. The molecule has 0 atom stereocenters. The summed E-state index contributed by atoms with van der Waals surface area (Å²) < 4.78 is 0.679. The number of hydrogen-bond acceptors (Lipinski definition) is 4. The molecule has 0 aliphatic rings. The van der Waals surface area contributed by atoms with Crippen LogP contribution in [-0.2, 0) is 0 Å². The maximum Gasteiger partial charge on any atom is 0.287 e. The fraction of sp³-hybridized carbons (Fsp3) is 0. The molecule has 0 heterocycles. The third-order valence-corrected chi connectivity index (χ3v) is 3.94. The van der Waals surface area contributed by atoms with E-state index >= 15 is 0 Å². The summed E-state index contributed by atoms with van der Waals surface area (Å²) in [4.78, 5) is 10.2. The van der Waals surface area contributed by atoms with Crippen molar-refractivity contribution in [2.75, 3.05) is 5.32 Å². The molecule has 0 amide bonds. The van der Waals surface area contributed by atoms with E-state index in [-0.39, 0.29) is 11.3 Å². The van der Waals surface area contributed by atoms with Crippen LogP contribution in [0.5, 0.6) is 0 Å². The van der Waals surface area contributed by atoms with Gasteiger partial charge in [0.05, 0.1) is 20.1 Å². The highest BCUT2D eigenvalue weighted by Crippen LogP contribution is 2.33. The van der Waals surface area contributed by atoms with Crippen LogP contribution in [0.3, 0.4) is 0 Å². The molecule has 0 bridgehead atoms. The van der Waals surface area contributed by atoms with Crippen LogP contribution in [0.1, 0.15) is 5.56 Å². The maximum atomic E-state index is 10.8. The van der Waals surface area contributed by atoms with Gasteiger partial charge in [0.2, 0.25) is 0 Å². The molecule has 20 heavy (non-hydrogen) atoms. The van der Waals surface area contributed by atoms with Gasteiger partial charge in [-0.25, -0.2) is 0 Å². The number of benzene rings is 2. The second-order valence-electron chi connectivity index (χ2n) is 3.83. The zero-order valence-electron chi connectivity index (χ0n) is 9.93. The van der Waals surface area contributed by atoms with Gasteiger partial charge in [0.1, 0.15) is 11.6 Å². The van der Waals surface area contributed by atoms with Crippen molar-refractivity contribution in [2.24, 2.45) is 0 Å². The first-order valence-electron chi connectivity index (χ1n) is 5.42. The van der Waals surface area contributed by atoms with E-state index in [0.717, 1.165) is 0 Å². The van der Waals surface area contributed by atoms with Crippen molar-refractivity contribution in [3.05, 3.63) is 61.6 Å². The fourth-order valence-electron chi connectivity index (χ4n) is 1.62. The van der Waals surface area contributed by atoms with E-state index in [0.29, 0.717) is 20.9 Å². The van der Waals surface area contributed by atoms with Gasteiger partial charge in [-0.15, -0.1) is 0 Å². The first-order valence-corrected chi connectivity index (χ1v) is 6.59. The molecule has 0 saturated carbocycles. The molecular weight excluding hydrogens is 346 g/mol. The van der Waals surface area contributed by atoms with Gasteiger partial charge in [-0.2, -0.15) is 5.26 Å². The molecule has 7 heteroatoms. The average Bonchev–Trinajstić information content (AvgIpc) is 2.43. The molecule has 0 aliphatic heterocycles. The summed E-state index contributed by atoms with van der Waals surface area (Å²) in [5, 5.41) is 23.3. The molecule has 5 nitrogen and oxygen atoms in total. The molecular formula is C13H7BrClN3O2. The van der Waals surface area contributed by atoms with E-state index in [2.05, 4.69) is 21.2 Å². The summed E-state index contributed by atoms with van der Waals surface area (Å²) in [5.74, 6) is 0. The number of nitrogens with zero attached hydrogens (tertiary/aromatic N) is 2. The molecule has 0 unspecified atom stereocenters. The molecule has 1 N–H and O–H groups in total. The quantitative estimate of drug-likeness (QED) is 0.645. The van der Waals surface area contributed by atoms with Crippen LogP contribution >= 0.6 is 27.5 Å². The Kier molecular flexibility index (Phi) is 4.23. The number of anilines is 2. The number of nitro benzene ring substituents is 1. The van der Waals surface area contributed by atoms with Gasteiger partial charge in [0.15, 0.2) is 0 Å². The fourth-order valence-corrected chi connectivity index (χ4v) is 2.16. The molecule has 0 spiro atoms. The number of nitrogens with one attached hydrogen (secondary N) is 1. The minimum absolute atomic E-state index is 0.00171. The van der Waals surface area contributed by atoms with Crippen LogP contribution in [0, 0.1) is 21.4 Å². The van der Waals surface area contributed by atoms with Crippen LogP contribution in [0.2, 0.25) is 5.02 Å². The maximum absolute atomic E-state index is 10.8. The van der Waals surface area contributed by atoms with E-state index in [4.69, 9.17) is 16.9 Å². The smallest absolute Gasteiger partial charge is 0.287 e. The van der Waals surface area contributed by atoms with Crippen LogP contribution in [0.4, 0.5) is 17.1 Å². The van der Waals surface area contributed by atoms with Crippen LogP contribution < -0.4 is 5.32 Å². The molecule has 2 aromatic carbocycles. The summed E-state index contributed by atoms with van der Waals surface area (Å²) in [6.07, 6.45) is 0. The third kappa shape index (κ3) is 2.90. The van der Waals surface area contributed by atoms with E-state index in [9.17, 15) is 10.1 Å². The first kappa shape index (κ1) is 14.3. The largest absolute Gasteiger partial charge is 0.355 e. The topological polar surface area (TPSA) is 79.0 Å². The van der Waals surface area contributed by atoms with Crippen LogP contribution in [-0.4, -0.2) is 4.92 Å². The minimum atomic E-state index is -0.586. The first-order chi connectivity index (χ1) is 9.52. The summed E-state index contributed by atoms with van der Waals surface area (Å²) >= 11 is 9.32. The Morgan fingerprint density at radius 1 is 1.35 bits per heavy atom. The van der Waals surface area contributed by atoms with E-state index in [1.807, 2.05) is 6.07 Å². The normalized spacial score (nSPS) is 9.85. The van der Waals surface area contributed by atoms with Crippen molar-refractivity contribution in [3.63, 3.8) is 0 Å². The molecule has 2 rings (SSSR count). The highest BCUT2D eigenvalue weighted by Gasteiger charge is 2.14. The second-order valence-corrected chi connectivity index (χ2v) is 5.03. The predicted molar refractivity (Wildman–Crippen MR) is 80.2 cm³/mol. The number of hydrogen-bond donors (Lipinski definition) is 1. The van der Waals surface area contributed by atoms with Gasteiger partial charge in [0.25, 0.3) is 5.69 Å². The van der Waals surface area contributed by atoms with E-state index in [1.54, 1.807) is 18.2 Å². The Bertz CT molecular complexity index is 728. The Morgan fingerprint density at radius 3 is 2.75 bits per heavy atom. The number of nitriles is 1. The number of rotatable bonds is 3. The van der Waals surface area contributed by atoms with Crippen LogP contribution in [0.15, 0.2) is 40.9 Å². The van der Waals surface area contributed by atoms with Crippen molar-refractivity contribution in [3.8, 4) is 6.07 Å². The Balaban J connectivity index is 2.38. The van der Waals surface area contributed by atoms with Crippen molar-refractivity contribution in [1.82, 2.24) is 0 Å². The lowest BCUT2D eigenvalue weighted by molar-refractivity contribution is -0.385. The summed E-state index contributed by atoms with van der Waals surface area (Å²) in [6, 6.07) is 11.4. The molecule has 0 saturated heterocycles. The molecule has 100 valence electrons. The van der Waals surface area contributed by atoms with Gasteiger partial charge in [-0.3, -0.25) is 10.1 Å². The van der Waals surface area contributed by atoms with E-state index in [1.165, 1.54) is 18.2 Å². The van der Waals surface area contributed by atoms with Gasteiger partial charge in [-0.05, 0) is 40.2 Å². The van der Waals surface area contributed by atoms with Gasteiger partial charge >= 0.3 is 0 Å². The summed E-state index contributed by atoms with van der Waals surface area (Å²) in [6.45, 7) is 0. The minimum Gasteiger partial charge on any atom is -0.355 e. The Morgan fingerprint density at radius 2 is 2.10 bits per heavy atom. The van der Waals surface area contributed by atoms with Crippen molar-refractivity contribution in [1.29, 1.82) is 5.26 Å². The second kappa shape index (κ2) is 5.90. The van der Waals surface area contributed by atoms with Gasteiger partial charge in [0, 0.05) is 11.8 Å². The zero-order valence-corrected chi connectivity index (χ0v) is 12.3.